The zero-order valence-corrected chi connectivity index (χ0v) is 17.4. The highest BCUT2D eigenvalue weighted by atomic mass is 16.5. The lowest BCUT2D eigenvalue weighted by Gasteiger charge is -2.23. The minimum Gasteiger partial charge on any atom is -0.497 e. The molecule has 6 heteroatoms. The number of rotatable bonds is 9. The molecule has 0 bridgehead atoms. The Morgan fingerprint density at radius 2 is 1.75 bits per heavy atom. The highest BCUT2D eigenvalue weighted by Crippen LogP contribution is 2.23. The Morgan fingerprint density at radius 1 is 1.07 bits per heavy atom. The number of nitrogens with one attached hydrogen (secondary N) is 1. The molecule has 0 radical (unpaired) electrons. The molecule has 152 valence electrons. The predicted molar refractivity (Wildman–Crippen MR) is 108 cm³/mol. The van der Waals surface area contributed by atoms with E-state index in [1.165, 1.54) is 0 Å². The minimum absolute atomic E-state index is 0.0935. The van der Waals surface area contributed by atoms with E-state index < -0.39 is 0 Å². The van der Waals surface area contributed by atoms with Crippen LogP contribution in [-0.2, 0) is 22.6 Å². The van der Waals surface area contributed by atoms with Crippen molar-refractivity contribution in [3.63, 3.8) is 0 Å². The smallest absolute Gasteiger partial charge is 0.355 e. The standard InChI is InChI=1S/C22H30N2O4/c1-6-8-20(25)24(13-17-9-11-18(27-5)12-10-17)14-19-15(3)21(23-16(19)4)22(26)28-7-2/h9-12,23H,6-8,13-14H2,1-5H3. The van der Waals surface area contributed by atoms with Gasteiger partial charge >= 0.3 is 5.97 Å². The Kier molecular flexibility index (Phi) is 7.67. The molecule has 0 aliphatic rings. The highest BCUT2D eigenvalue weighted by molar-refractivity contribution is 5.90. The van der Waals surface area contributed by atoms with E-state index in [1.54, 1.807) is 14.0 Å². The van der Waals surface area contributed by atoms with Crippen molar-refractivity contribution in [2.75, 3.05) is 13.7 Å². The van der Waals surface area contributed by atoms with Gasteiger partial charge in [0.25, 0.3) is 0 Å². The number of carbonyl (C=O) groups excluding carboxylic acids is 2. The number of hydrogen-bond acceptors (Lipinski definition) is 4. The second-order valence-corrected chi connectivity index (χ2v) is 6.80. The summed E-state index contributed by atoms with van der Waals surface area (Å²) in [6.07, 6.45) is 1.28. The van der Waals surface area contributed by atoms with Gasteiger partial charge in [0.15, 0.2) is 0 Å². The van der Waals surface area contributed by atoms with Crippen LogP contribution in [0.4, 0.5) is 0 Å². The molecule has 1 aromatic heterocycles. The molecule has 1 heterocycles. The Labute approximate surface area is 166 Å². The minimum atomic E-state index is -0.365. The summed E-state index contributed by atoms with van der Waals surface area (Å²) >= 11 is 0. The molecule has 28 heavy (non-hydrogen) atoms. The first kappa shape index (κ1) is 21.5. The third kappa shape index (κ3) is 5.15. The van der Waals surface area contributed by atoms with Gasteiger partial charge in [0.1, 0.15) is 11.4 Å². The number of aromatic amines is 1. The largest absolute Gasteiger partial charge is 0.497 e. The number of hydrogen-bond donors (Lipinski definition) is 1. The van der Waals surface area contributed by atoms with E-state index in [4.69, 9.17) is 9.47 Å². The zero-order valence-electron chi connectivity index (χ0n) is 17.4. The van der Waals surface area contributed by atoms with Gasteiger partial charge in [-0.15, -0.1) is 0 Å². The van der Waals surface area contributed by atoms with Crippen LogP contribution in [0.5, 0.6) is 5.75 Å². The lowest BCUT2D eigenvalue weighted by Crippen LogP contribution is -2.30. The van der Waals surface area contributed by atoms with Gasteiger partial charge in [0.05, 0.1) is 13.7 Å². The van der Waals surface area contributed by atoms with E-state index in [1.807, 2.05) is 49.9 Å². The number of nitrogens with zero attached hydrogens (tertiary/aromatic N) is 1. The molecule has 0 fully saturated rings. The van der Waals surface area contributed by atoms with Crippen molar-refractivity contribution < 1.29 is 19.1 Å². The topological polar surface area (TPSA) is 71.6 Å². The lowest BCUT2D eigenvalue weighted by atomic mass is 10.1. The fraction of sp³-hybridized carbons (Fsp3) is 0.455. The quantitative estimate of drug-likeness (QED) is 0.657. The first-order chi connectivity index (χ1) is 13.4. The first-order valence-corrected chi connectivity index (χ1v) is 9.67. The molecule has 2 rings (SSSR count). The summed E-state index contributed by atoms with van der Waals surface area (Å²) in [5.41, 5.74) is 4.16. The average Bonchev–Trinajstić information content (AvgIpc) is 2.96. The number of carbonyl (C=O) groups is 2. The summed E-state index contributed by atoms with van der Waals surface area (Å²) in [5.74, 6) is 0.513. The molecular formula is C22H30N2O4. The maximum atomic E-state index is 12.7. The third-order valence-corrected chi connectivity index (χ3v) is 4.77. The van der Waals surface area contributed by atoms with Crippen molar-refractivity contribution in [3.8, 4) is 5.75 Å². The molecule has 0 saturated heterocycles. The van der Waals surface area contributed by atoms with Crippen molar-refractivity contribution in [1.82, 2.24) is 9.88 Å². The molecule has 0 aliphatic heterocycles. The predicted octanol–water partition coefficient (Wildman–Crippen LogP) is 4.15. The molecule has 2 aromatic rings. The van der Waals surface area contributed by atoms with Gasteiger partial charge in [0, 0.05) is 25.2 Å². The van der Waals surface area contributed by atoms with Crippen LogP contribution in [0.25, 0.3) is 0 Å². The van der Waals surface area contributed by atoms with E-state index >= 15 is 0 Å². The van der Waals surface area contributed by atoms with Crippen LogP contribution < -0.4 is 4.74 Å². The second-order valence-electron chi connectivity index (χ2n) is 6.80. The number of benzene rings is 1. The van der Waals surface area contributed by atoms with Crippen LogP contribution in [-0.4, -0.2) is 35.5 Å². The van der Waals surface area contributed by atoms with Crippen LogP contribution in [0.2, 0.25) is 0 Å². The van der Waals surface area contributed by atoms with Crippen molar-refractivity contribution in [2.24, 2.45) is 0 Å². The van der Waals surface area contributed by atoms with Crippen LogP contribution in [0, 0.1) is 13.8 Å². The first-order valence-electron chi connectivity index (χ1n) is 9.67. The molecule has 6 nitrogen and oxygen atoms in total. The summed E-state index contributed by atoms with van der Waals surface area (Å²) in [6, 6.07) is 7.71. The lowest BCUT2D eigenvalue weighted by molar-refractivity contribution is -0.132. The van der Waals surface area contributed by atoms with Gasteiger partial charge in [-0.25, -0.2) is 4.79 Å². The number of aryl methyl sites for hydroxylation is 1. The molecule has 0 atom stereocenters. The normalized spacial score (nSPS) is 10.6. The molecule has 0 spiro atoms. The molecular weight excluding hydrogens is 356 g/mol. The fourth-order valence-corrected chi connectivity index (χ4v) is 3.18. The van der Waals surface area contributed by atoms with Crippen LogP contribution >= 0.6 is 0 Å². The number of ether oxygens (including phenoxy) is 2. The Balaban J connectivity index is 2.27. The van der Waals surface area contributed by atoms with Crippen molar-refractivity contribution >= 4 is 11.9 Å². The molecule has 0 unspecified atom stereocenters. The monoisotopic (exact) mass is 386 g/mol. The van der Waals surface area contributed by atoms with Gasteiger partial charge in [-0.2, -0.15) is 0 Å². The second kappa shape index (κ2) is 9.97. The average molecular weight is 386 g/mol. The summed E-state index contributed by atoms with van der Waals surface area (Å²) < 4.78 is 10.3. The molecule has 1 amide bonds. The third-order valence-electron chi connectivity index (χ3n) is 4.77. The Morgan fingerprint density at radius 3 is 2.32 bits per heavy atom. The van der Waals surface area contributed by atoms with Crippen LogP contribution in [0.15, 0.2) is 24.3 Å². The highest BCUT2D eigenvalue weighted by Gasteiger charge is 2.22. The van der Waals surface area contributed by atoms with E-state index in [2.05, 4.69) is 4.98 Å². The summed E-state index contributed by atoms with van der Waals surface area (Å²) in [5, 5.41) is 0. The Hall–Kier alpha value is -2.76. The van der Waals surface area contributed by atoms with Crippen molar-refractivity contribution in [3.05, 3.63) is 52.3 Å². The van der Waals surface area contributed by atoms with Gasteiger partial charge in [0.2, 0.25) is 5.91 Å². The number of aromatic nitrogens is 1. The fourth-order valence-electron chi connectivity index (χ4n) is 3.18. The van der Waals surface area contributed by atoms with E-state index in [9.17, 15) is 9.59 Å². The van der Waals surface area contributed by atoms with Crippen molar-refractivity contribution in [2.45, 2.75) is 53.6 Å². The van der Waals surface area contributed by atoms with E-state index in [0.29, 0.717) is 31.8 Å². The molecule has 1 aromatic carbocycles. The molecule has 0 aliphatic carbocycles. The van der Waals surface area contributed by atoms with Gasteiger partial charge in [-0.1, -0.05) is 19.1 Å². The van der Waals surface area contributed by atoms with E-state index in [-0.39, 0.29) is 11.9 Å². The van der Waals surface area contributed by atoms with Crippen LogP contribution in [0.1, 0.15) is 59.6 Å². The Bertz CT molecular complexity index is 809. The number of amides is 1. The molecule has 0 saturated carbocycles. The number of methoxy groups -OCH3 is 1. The molecule has 1 N–H and O–H groups in total. The summed E-state index contributed by atoms with van der Waals surface area (Å²) in [6.45, 7) is 8.85. The van der Waals surface area contributed by atoms with Gasteiger partial charge in [-0.3, -0.25) is 4.79 Å². The van der Waals surface area contributed by atoms with Crippen LogP contribution in [0.3, 0.4) is 0 Å². The SMILES string of the molecule is CCCC(=O)N(Cc1ccc(OC)cc1)Cc1c(C)[nH]c(C(=O)OCC)c1C. The maximum Gasteiger partial charge on any atom is 0.355 e. The number of esters is 1. The van der Waals surface area contributed by atoms with E-state index in [0.717, 1.165) is 34.6 Å². The summed E-state index contributed by atoms with van der Waals surface area (Å²) in [7, 11) is 1.63. The summed E-state index contributed by atoms with van der Waals surface area (Å²) in [4.78, 5) is 29.9. The maximum absolute atomic E-state index is 12.7. The van der Waals surface area contributed by atoms with Crippen molar-refractivity contribution in [1.29, 1.82) is 0 Å². The van der Waals surface area contributed by atoms with Gasteiger partial charge in [-0.05, 0) is 56.0 Å². The van der Waals surface area contributed by atoms with Gasteiger partial charge < -0.3 is 19.4 Å². The number of H-pyrrole nitrogens is 1. The zero-order chi connectivity index (χ0) is 20.7.